The smallest absolute Gasteiger partial charge is 0.0652 e. The summed E-state index contributed by atoms with van der Waals surface area (Å²) < 4.78 is 5.55. The number of nitrogens with zero attached hydrogens (tertiary/aromatic N) is 1. The van der Waals surface area contributed by atoms with Gasteiger partial charge in [0.25, 0.3) is 0 Å². The lowest BCUT2D eigenvalue weighted by molar-refractivity contribution is -0.137. The molecule has 0 aromatic carbocycles. The van der Waals surface area contributed by atoms with E-state index in [1.165, 1.54) is 45.4 Å². The van der Waals surface area contributed by atoms with Crippen LogP contribution in [-0.4, -0.2) is 50.3 Å². The van der Waals surface area contributed by atoms with E-state index in [4.69, 9.17) is 4.74 Å². The van der Waals surface area contributed by atoms with Gasteiger partial charge in [-0.25, -0.2) is 0 Å². The van der Waals surface area contributed by atoms with Crippen molar-refractivity contribution in [2.75, 3.05) is 33.3 Å². The van der Waals surface area contributed by atoms with Crippen molar-refractivity contribution in [3.05, 3.63) is 0 Å². The fraction of sp³-hybridized carbons (Fsp3) is 1.00. The third-order valence-corrected chi connectivity index (χ3v) is 4.57. The number of rotatable bonds is 2. The van der Waals surface area contributed by atoms with Crippen LogP contribution in [0.4, 0.5) is 0 Å². The Bertz CT molecular complexity index is 216. The van der Waals surface area contributed by atoms with Crippen molar-refractivity contribution in [3.8, 4) is 0 Å². The molecule has 2 bridgehead atoms. The number of ether oxygens (including phenoxy) is 1. The average molecular weight is 210 g/mol. The van der Waals surface area contributed by atoms with E-state index in [0.717, 1.165) is 17.9 Å². The summed E-state index contributed by atoms with van der Waals surface area (Å²) in [4.78, 5) is 2.73. The molecule has 3 nitrogen and oxygen atoms in total. The third-order valence-electron chi connectivity index (χ3n) is 4.57. The van der Waals surface area contributed by atoms with Crippen LogP contribution < -0.4 is 5.32 Å². The largest absolute Gasteiger partial charge is 0.381 e. The number of nitrogens with one attached hydrogen (secondary N) is 1. The zero-order valence-electron chi connectivity index (χ0n) is 9.61. The van der Waals surface area contributed by atoms with Gasteiger partial charge in [0.1, 0.15) is 0 Å². The van der Waals surface area contributed by atoms with Gasteiger partial charge in [0.15, 0.2) is 0 Å². The lowest BCUT2D eigenvalue weighted by atomic mass is 9.67. The molecule has 0 amide bonds. The maximum atomic E-state index is 5.55. The van der Waals surface area contributed by atoms with Crippen LogP contribution in [0.15, 0.2) is 0 Å². The molecule has 0 radical (unpaired) electrons. The molecule has 1 N–H and O–H groups in total. The SMILES string of the molecule is COC1C2CC1CN(C1CCNCC1)C2. The van der Waals surface area contributed by atoms with Gasteiger partial charge in [-0.15, -0.1) is 0 Å². The van der Waals surface area contributed by atoms with Gasteiger partial charge in [0.2, 0.25) is 0 Å². The number of hydrogen-bond donors (Lipinski definition) is 1. The molecule has 3 saturated heterocycles. The summed E-state index contributed by atoms with van der Waals surface area (Å²) in [6.07, 6.45) is 4.69. The van der Waals surface area contributed by atoms with Crippen molar-refractivity contribution in [1.82, 2.24) is 10.2 Å². The van der Waals surface area contributed by atoms with Gasteiger partial charge in [-0.2, -0.15) is 0 Å². The van der Waals surface area contributed by atoms with Gasteiger partial charge in [0, 0.05) is 26.2 Å². The first-order valence-corrected chi connectivity index (χ1v) is 6.36. The van der Waals surface area contributed by atoms with Gasteiger partial charge < -0.3 is 10.1 Å². The monoisotopic (exact) mass is 210 g/mol. The molecule has 4 aliphatic rings. The minimum Gasteiger partial charge on any atom is -0.381 e. The molecule has 0 aromatic rings. The Hall–Kier alpha value is -0.120. The summed E-state index contributed by atoms with van der Waals surface area (Å²) in [5, 5.41) is 3.44. The molecule has 0 aromatic heterocycles. The van der Waals surface area contributed by atoms with Crippen LogP contribution >= 0.6 is 0 Å². The average Bonchev–Trinajstić information content (AvgIpc) is 2.31. The highest BCUT2D eigenvalue weighted by atomic mass is 16.5. The Labute approximate surface area is 92.2 Å². The molecular weight excluding hydrogens is 188 g/mol. The first kappa shape index (κ1) is 10.1. The second-order valence-electron chi connectivity index (χ2n) is 5.39. The maximum absolute atomic E-state index is 5.55. The molecule has 3 heteroatoms. The quantitative estimate of drug-likeness (QED) is 0.726. The fourth-order valence-corrected chi connectivity index (χ4v) is 3.73. The standard InChI is InChI=1S/C12H22N2O/c1-15-12-9-6-10(12)8-14(7-9)11-2-4-13-5-3-11/h9-13H,2-8H2,1H3. The Morgan fingerprint density at radius 2 is 1.80 bits per heavy atom. The molecule has 86 valence electrons. The zero-order valence-corrected chi connectivity index (χ0v) is 9.61. The van der Waals surface area contributed by atoms with E-state index < -0.39 is 0 Å². The molecule has 1 saturated carbocycles. The van der Waals surface area contributed by atoms with Crippen molar-refractivity contribution in [1.29, 1.82) is 0 Å². The first-order chi connectivity index (χ1) is 7.38. The zero-order chi connectivity index (χ0) is 10.3. The Morgan fingerprint density at radius 1 is 1.13 bits per heavy atom. The molecule has 3 heterocycles. The summed E-state index contributed by atoms with van der Waals surface area (Å²) in [6, 6.07) is 0.856. The third kappa shape index (κ3) is 1.71. The molecular formula is C12H22N2O. The van der Waals surface area contributed by atoms with Gasteiger partial charge in [-0.1, -0.05) is 0 Å². The highest BCUT2D eigenvalue weighted by Gasteiger charge is 2.48. The van der Waals surface area contributed by atoms with Crippen molar-refractivity contribution in [3.63, 3.8) is 0 Å². The predicted molar refractivity (Wildman–Crippen MR) is 59.9 cm³/mol. The Morgan fingerprint density at radius 3 is 2.40 bits per heavy atom. The van der Waals surface area contributed by atoms with E-state index in [-0.39, 0.29) is 0 Å². The number of piperidine rings is 3. The minimum absolute atomic E-state index is 0.586. The molecule has 4 fully saturated rings. The molecule has 3 aliphatic heterocycles. The normalized spacial score (nSPS) is 42.6. The van der Waals surface area contributed by atoms with Crippen LogP contribution in [0.1, 0.15) is 19.3 Å². The van der Waals surface area contributed by atoms with Crippen LogP contribution in [0.3, 0.4) is 0 Å². The lowest BCUT2D eigenvalue weighted by Crippen LogP contribution is -2.61. The van der Waals surface area contributed by atoms with Crippen molar-refractivity contribution >= 4 is 0 Å². The summed E-state index contributed by atoms with van der Waals surface area (Å²) in [6.45, 7) is 5.01. The predicted octanol–water partition coefficient (Wildman–Crippen LogP) is 0.705. The van der Waals surface area contributed by atoms with Crippen LogP contribution in [0.5, 0.6) is 0 Å². The van der Waals surface area contributed by atoms with E-state index in [1.807, 2.05) is 7.11 Å². The highest BCUT2D eigenvalue weighted by Crippen LogP contribution is 2.42. The summed E-state index contributed by atoms with van der Waals surface area (Å²) in [5.41, 5.74) is 0. The molecule has 2 atom stereocenters. The fourth-order valence-electron chi connectivity index (χ4n) is 3.73. The van der Waals surface area contributed by atoms with E-state index in [9.17, 15) is 0 Å². The molecule has 2 unspecified atom stereocenters. The summed E-state index contributed by atoms with van der Waals surface area (Å²) in [5.74, 6) is 1.67. The van der Waals surface area contributed by atoms with Gasteiger partial charge in [-0.05, 0) is 44.2 Å². The summed E-state index contributed by atoms with van der Waals surface area (Å²) >= 11 is 0. The molecule has 15 heavy (non-hydrogen) atoms. The van der Waals surface area contributed by atoms with Crippen LogP contribution in [0.25, 0.3) is 0 Å². The molecule has 0 spiro atoms. The second kappa shape index (κ2) is 4.04. The number of fused-ring (bicyclic) bond motifs is 2. The van der Waals surface area contributed by atoms with E-state index >= 15 is 0 Å². The lowest BCUT2D eigenvalue weighted by Gasteiger charge is -2.55. The number of hydrogen-bond acceptors (Lipinski definition) is 3. The van der Waals surface area contributed by atoms with Crippen LogP contribution in [0, 0.1) is 11.8 Å². The van der Waals surface area contributed by atoms with Crippen molar-refractivity contribution in [2.24, 2.45) is 11.8 Å². The Kier molecular flexibility index (Phi) is 2.71. The minimum atomic E-state index is 0.586. The van der Waals surface area contributed by atoms with Crippen LogP contribution in [0.2, 0.25) is 0 Å². The Balaban J connectivity index is 1.57. The maximum Gasteiger partial charge on any atom is 0.0652 e. The van der Waals surface area contributed by atoms with Gasteiger partial charge in [0.05, 0.1) is 6.10 Å². The van der Waals surface area contributed by atoms with Gasteiger partial charge in [-0.3, -0.25) is 4.90 Å². The number of methoxy groups -OCH3 is 1. The highest BCUT2D eigenvalue weighted by molar-refractivity contribution is 5.00. The van der Waals surface area contributed by atoms with E-state index in [0.29, 0.717) is 6.10 Å². The van der Waals surface area contributed by atoms with Crippen molar-refractivity contribution in [2.45, 2.75) is 31.4 Å². The topological polar surface area (TPSA) is 24.5 Å². The van der Waals surface area contributed by atoms with Crippen LogP contribution in [-0.2, 0) is 4.74 Å². The van der Waals surface area contributed by atoms with E-state index in [1.54, 1.807) is 0 Å². The van der Waals surface area contributed by atoms with Gasteiger partial charge >= 0.3 is 0 Å². The summed E-state index contributed by atoms with van der Waals surface area (Å²) in [7, 11) is 1.88. The first-order valence-electron chi connectivity index (χ1n) is 6.36. The van der Waals surface area contributed by atoms with E-state index in [2.05, 4.69) is 10.2 Å². The second-order valence-corrected chi connectivity index (χ2v) is 5.39. The van der Waals surface area contributed by atoms with Crippen molar-refractivity contribution < 1.29 is 4.74 Å². The molecule has 1 aliphatic carbocycles. The molecule has 4 rings (SSSR count).